The summed E-state index contributed by atoms with van der Waals surface area (Å²) >= 11 is 0. The second kappa shape index (κ2) is 25.3. The van der Waals surface area contributed by atoms with Crippen molar-refractivity contribution < 1.29 is 73.6 Å². The molecule has 0 aromatic carbocycles. The zero-order chi connectivity index (χ0) is 40.2. The molecule has 2 aliphatic heterocycles. The molecule has 11 atom stereocenters. The number of ether oxygens (including phenoxy) is 4. The van der Waals surface area contributed by atoms with E-state index in [9.17, 15) is 54.6 Å². The lowest BCUT2D eigenvalue weighted by atomic mass is 9.97. The van der Waals surface area contributed by atoms with Gasteiger partial charge in [0.2, 0.25) is 23.6 Å². The summed E-state index contributed by atoms with van der Waals surface area (Å²) in [6, 6.07) is -2.67. The highest BCUT2D eigenvalue weighted by atomic mass is 16.7. The number of hydrogen-bond donors (Lipinski definition) is 10. The van der Waals surface area contributed by atoms with Gasteiger partial charge in [0.15, 0.2) is 18.4 Å². The molecule has 2 saturated heterocycles. The lowest BCUT2D eigenvalue weighted by Crippen LogP contribution is -2.64. The highest BCUT2D eigenvalue weighted by Crippen LogP contribution is 2.24. The van der Waals surface area contributed by atoms with E-state index in [1.807, 2.05) is 0 Å². The van der Waals surface area contributed by atoms with Gasteiger partial charge in [0.1, 0.15) is 48.7 Å². The Morgan fingerprint density at radius 3 is 1.50 bits per heavy atom. The van der Waals surface area contributed by atoms with Crippen molar-refractivity contribution in [2.24, 2.45) is 0 Å². The molecule has 54 heavy (non-hydrogen) atoms. The van der Waals surface area contributed by atoms with Gasteiger partial charge in [0.25, 0.3) is 0 Å². The van der Waals surface area contributed by atoms with E-state index in [2.05, 4.69) is 21.3 Å². The van der Waals surface area contributed by atoms with E-state index >= 15 is 0 Å². The van der Waals surface area contributed by atoms with Gasteiger partial charge in [-0.1, -0.05) is 12.8 Å². The van der Waals surface area contributed by atoms with Crippen molar-refractivity contribution in [3.8, 4) is 0 Å². The van der Waals surface area contributed by atoms with Crippen LogP contribution in [0.2, 0.25) is 0 Å². The van der Waals surface area contributed by atoms with Gasteiger partial charge in [-0.25, -0.2) is 0 Å². The third kappa shape index (κ3) is 16.5. The highest BCUT2D eigenvalue weighted by Gasteiger charge is 2.46. The van der Waals surface area contributed by atoms with Crippen molar-refractivity contribution in [3.05, 3.63) is 0 Å². The Kier molecular flexibility index (Phi) is 22.2. The van der Waals surface area contributed by atoms with E-state index in [1.54, 1.807) is 0 Å². The molecule has 0 radical (unpaired) electrons. The monoisotopic (exact) mass is 778 g/mol. The normalized spacial score (nSPS) is 28.8. The Bertz CT molecular complexity index is 1170. The summed E-state index contributed by atoms with van der Waals surface area (Å²) < 4.78 is 22.4. The smallest absolute Gasteiger partial charge is 0.220 e. The van der Waals surface area contributed by atoms with E-state index in [0.29, 0.717) is 70.8 Å². The molecule has 0 aromatic heterocycles. The zero-order valence-corrected chi connectivity index (χ0v) is 31.5. The summed E-state index contributed by atoms with van der Waals surface area (Å²) in [6.07, 6.45) is -4.22. The lowest BCUT2D eigenvalue weighted by molar-refractivity contribution is -0.270. The van der Waals surface area contributed by atoms with Crippen LogP contribution in [0.4, 0.5) is 0 Å². The Morgan fingerprint density at radius 1 is 0.611 bits per heavy atom. The zero-order valence-electron chi connectivity index (χ0n) is 31.5. The van der Waals surface area contributed by atoms with Crippen LogP contribution in [0.25, 0.3) is 0 Å². The Hall–Kier alpha value is -2.85. The van der Waals surface area contributed by atoms with E-state index in [0.717, 1.165) is 0 Å². The largest absolute Gasteiger partial charge is 0.394 e. The van der Waals surface area contributed by atoms with Crippen LogP contribution in [0.15, 0.2) is 0 Å². The number of carbonyl (C=O) groups is 5. The maximum Gasteiger partial charge on any atom is 0.220 e. The predicted molar refractivity (Wildman–Crippen MR) is 189 cm³/mol. The molecule has 0 spiro atoms. The number of Topliss-reactive ketones (excluding diaryl/α,β-unsaturated/α-hetero) is 1. The average molecular weight is 779 g/mol. The van der Waals surface area contributed by atoms with Crippen molar-refractivity contribution >= 4 is 29.4 Å². The number of rotatable bonds is 25. The van der Waals surface area contributed by atoms with Crippen molar-refractivity contribution in [2.45, 2.75) is 159 Å². The summed E-state index contributed by atoms with van der Waals surface area (Å²) in [6.45, 7) is 3.65. The Morgan fingerprint density at radius 2 is 1.07 bits per heavy atom. The Balaban J connectivity index is 1.56. The van der Waals surface area contributed by atoms with Crippen LogP contribution >= 0.6 is 0 Å². The fourth-order valence-electron chi connectivity index (χ4n) is 6.19. The molecular weight excluding hydrogens is 716 g/mol. The fourth-order valence-corrected chi connectivity index (χ4v) is 6.19. The molecule has 11 unspecified atom stereocenters. The van der Waals surface area contributed by atoms with Crippen molar-refractivity contribution in [2.75, 3.05) is 33.0 Å². The molecule has 2 fully saturated rings. The summed E-state index contributed by atoms with van der Waals surface area (Å²) in [7, 11) is 0. The van der Waals surface area contributed by atoms with Crippen LogP contribution in [0.3, 0.4) is 0 Å². The van der Waals surface area contributed by atoms with Crippen LogP contribution in [0.1, 0.15) is 91.4 Å². The van der Waals surface area contributed by atoms with Gasteiger partial charge < -0.3 is 70.9 Å². The molecule has 10 N–H and O–H groups in total. The number of nitrogens with one attached hydrogen (secondary N) is 4. The lowest BCUT2D eigenvalue weighted by Gasteiger charge is -2.42. The van der Waals surface area contributed by atoms with Gasteiger partial charge in [-0.3, -0.25) is 24.0 Å². The molecular formula is C35H62N4O15. The minimum Gasteiger partial charge on any atom is -0.394 e. The van der Waals surface area contributed by atoms with Gasteiger partial charge in [-0.15, -0.1) is 0 Å². The van der Waals surface area contributed by atoms with Crippen molar-refractivity contribution in [1.82, 2.24) is 21.3 Å². The molecule has 0 aromatic rings. The number of ketones is 1. The average Bonchev–Trinajstić information content (AvgIpc) is 3.12. The molecule has 0 aliphatic carbocycles. The molecule has 2 aliphatic rings. The third-order valence-electron chi connectivity index (χ3n) is 9.23. The van der Waals surface area contributed by atoms with Gasteiger partial charge >= 0.3 is 0 Å². The van der Waals surface area contributed by atoms with E-state index in [1.165, 1.54) is 20.8 Å². The number of hydrogen-bond acceptors (Lipinski definition) is 15. The molecule has 2 rings (SSSR count). The number of unbranched alkanes of at least 4 members (excludes halogenated alkanes) is 5. The molecule has 0 saturated carbocycles. The molecule has 0 bridgehead atoms. The van der Waals surface area contributed by atoms with E-state index in [-0.39, 0.29) is 37.2 Å². The van der Waals surface area contributed by atoms with Gasteiger partial charge in [-0.05, 0) is 51.9 Å². The summed E-state index contributed by atoms with van der Waals surface area (Å²) in [5.74, 6) is -1.43. The first kappa shape index (κ1) is 47.3. The first-order chi connectivity index (χ1) is 25.7. The van der Waals surface area contributed by atoms with Gasteiger partial charge in [0.05, 0.1) is 19.3 Å². The topological polar surface area (TPSA) is 292 Å². The number of aliphatic hydroxyl groups excluding tert-OH is 6. The second-order valence-corrected chi connectivity index (χ2v) is 13.8. The van der Waals surface area contributed by atoms with Crippen LogP contribution in [-0.2, 0) is 42.9 Å². The van der Waals surface area contributed by atoms with Crippen LogP contribution in [0, 0.1) is 0 Å². The van der Waals surface area contributed by atoms with E-state index in [4.69, 9.17) is 18.9 Å². The van der Waals surface area contributed by atoms with Crippen LogP contribution in [0.5, 0.6) is 0 Å². The minimum absolute atomic E-state index is 0.119. The van der Waals surface area contributed by atoms with Crippen molar-refractivity contribution in [1.29, 1.82) is 0 Å². The molecule has 2 heterocycles. The summed E-state index contributed by atoms with van der Waals surface area (Å²) in [5, 5.41) is 70.3. The standard InChI is InChI=1S/C35H62N4O15/c1-20(42)23(39-27(46)14-7-5-11-17-52-35-29(38-22(3)44)33(50)31(48)25(19-41)54-35)12-8-9-15-36-26(45)13-6-4-10-16-51-34-28(37-21(2)43)32(49)30(47)24(18-40)53-34/h23-25,28-35,40-41,47-50H,4-19H2,1-3H3,(H,36,45)(H,37,43)(H,38,44)(H,39,46). The van der Waals surface area contributed by atoms with E-state index < -0.39 is 92.4 Å². The van der Waals surface area contributed by atoms with Gasteiger partial charge in [0, 0.05) is 46.4 Å². The van der Waals surface area contributed by atoms with Crippen LogP contribution in [-0.4, -0.2) is 160 Å². The molecule has 4 amide bonds. The SMILES string of the molecule is CC(=O)NC1C(OCCCCCC(=O)NCCCCC(NC(=O)CCCCCOC2OC(CO)C(O)C(O)C2NC(C)=O)C(C)=O)OC(CO)C(O)C1O. The maximum absolute atomic E-state index is 12.5. The fraction of sp³-hybridized carbons (Fsp3) is 0.857. The second-order valence-electron chi connectivity index (χ2n) is 13.8. The number of aliphatic hydroxyl groups is 6. The molecule has 312 valence electrons. The molecule has 19 nitrogen and oxygen atoms in total. The first-order valence-corrected chi connectivity index (χ1v) is 18.8. The van der Waals surface area contributed by atoms with Gasteiger partial charge in [-0.2, -0.15) is 0 Å². The predicted octanol–water partition coefficient (Wildman–Crippen LogP) is -2.61. The summed E-state index contributed by atoms with van der Waals surface area (Å²) in [4.78, 5) is 60.0. The first-order valence-electron chi connectivity index (χ1n) is 18.8. The highest BCUT2D eigenvalue weighted by molar-refractivity contribution is 5.87. The minimum atomic E-state index is -1.40. The van der Waals surface area contributed by atoms with Crippen LogP contribution < -0.4 is 21.3 Å². The number of carbonyl (C=O) groups excluding carboxylic acids is 5. The molecule has 19 heteroatoms. The number of amides is 4. The summed E-state index contributed by atoms with van der Waals surface area (Å²) in [5.41, 5.74) is 0. The quantitative estimate of drug-likeness (QED) is 0.0425. The third-order valence-corrected chi connectivity index (χ3v) is 9.23. The van der Waals surface area contributed by atoms with Crippen molar-refractivity contribution in [3.63, 3.8) is 0 Å². The Labute approximate surface area is 315 Å². The maximum atomic E-state index is 12.5.